The van der Waals surface area contributed by atoms with Crippen molar-refractivity contribution in [3.8, 4) is 17.2 Å². The van der Waals surface area contributed by atoms with E-state index in [-0.39, 0.29) is 0 Å². The zero-order valence-corrected chi connectivity index (χ0v) is 20.2. The van der Waals surface area contributed by atoms with Crippen molar-refractivity contribution in [2.45, 2.75) is 20.4 Å². The Hall–Kier alpha value is -5.19. The Kier molecular flexibility index (Phi) is 6.49. The first-order valence-electron chi connectivity index (χ1n) is 11.5. The number of benzene rings is 2. The third-order valence-corrected chi connectivity index (χ3v) is 5.55. The second-order valence-electron chi connectivity index (χ2n) is 8.36. The van der Waals surface area contributed by atoms with Crippen molar-refractivity contribution in [1.82, 2.24) is 45.8 Å². The number of carbonyl (C=O) groups is 2. The van der Waals surface area contributed by atoms with Gasteiger partial charge in [-0.05, 0) is 55.0 Å². The van der Waals surface area contributed by atoms with Crippen molar-refractivity contribution < 1.29 is 9.59 Å². The van der Waals surface area contributed by atoms with Crippen molar-refractivity contribution >= 4 is 11.8 Å². The maximum atomic E-state index is 12.5. The van der Waals surface area contributed by atoms with Crippen LogP contribution in [0.25, 0.3) is 17.2 Å². The number of hydrogen-bond donors (Lipinski definition) is 2. The third kappa shape index (κ3) is 5.40. The van der Waals surface area contributed by atoms with Gasteiger partial charge in [0.05, 0.1) is 17.8 Å². The highest BCUT2D eigenvalue weighted by Gasteiger charge is 2.12. The van der Waals surface area contributed by atoms with Crippen LogP contribution in [0, 0.1) is 13.8 Å². The van der Waals surface area contributed by atoms with Gasteiger partial charge in [-0.25, -0.2) is 9.67 Å². The second-order valence-corrected chi connectivity index (χ2v) is 8.36. The van der Waals surface area contributed by atoms with Gasteiger partial charge in [0.2, 0.25) is 5.82 Å². The molecule has 3 heterocycles. The van der Waals surface area contributed by atoms with Gasteiger partial charge in [0.1, 0.15) is 0 Å². The van der Waals surface area contributed by atoms with Crippen LogP contribution in [0.2, 0.25) is 0 Å². The van der Waals surface area contributed by atoms with Crippen LogP contribution in [0.1, 0.15) is 37.7 Å². The summed E-state index contributed by atoms with van der Waals surface area (Å²) in [7, 11) is 0. The monoisotopic (exact) mass is 493 g/mol. The van der Waals surface area contributed by atoms with E-state index in [1.54, 1.807) is 41.1 Å². The molecule has 5 aromatic rings. The number of nitrogens with zero attached hydrogens (tertiary/aromatic N) is 7. The summed E-state index contributed by atoms with van der Waals surface area (Å²) in [5.41, 5.74) is 9.12. The van der Waals surface area contributed by atoms with Crippen LogP contribution in [-0.2, 0) is 6.54 Å². The van der Waals surface area contributed by atoms with Crippen molar-refractivity contribution in [1.29, 1.82) is 0 Å². The number of pyridine rings is 1. The number of aryl methyl sites for hydroxylation is 2. The SMILES string of the molecule is Cc1cc(C)n(-c2ccc(C(=O)NNC(=O)c3ccc(Cn4nnc(-c5ccccc5)n4)cc3)cn2)n1. The number of nitrogens with one attached hydrogen (secondary N) is 2. The first-order chi connectivity index (χ1) is 18.0. The molecule has 5 rings (SSSR count). The minimum atomic E-state index is -0.483. The molecule has 3 aromatic heterocycles. The highest BCUT2D eigenvalue weighted by atomic mass is 16.2. The molecule has 0 radical (unpaired) electrons. The van der Waals surface area contributed by atoms with E-state index in [9.17, 15) is 9.59 Å². The van der Waals surface area contributed by atoms with Crippen molar-refractivity contribution in [3.05, 3.63) is 107 Å². The lowest BCUT2D eigenvalue weighted by atomic mass is 10.1. The Morgan fingerprint density at radius 2 is 1.54 bits per heavy atom. The normalized spacial score (nSPS) is 10.8. The molecule has 11 nitrogen and oxygen atoms in total. The lowest BCUT2D eigenvalue weighted by Gasteiger charge is -2.09. The fraction of sp³-hybridized carbons (Fsp3) is 0.115. The quantitative estimate of drug-likeness (QED) is 0.348. The molecular formula is C26H23N9O2. The third-order valence-electron chi connectivity index (χ3n) is 5.55. The molecule has 0 saturated heterocycles. The highest BCUT2D eigenvalue weighted by molar-refractivity contribution is 5.98. The summed E-state index contributed by atoms with van der Waals surface area (Å²) in [6, 6.07) is 21.8. The van der Waals surface area contributed by atoms with Gasteiger partial charge in [0, 0.05) is 23.0 Å². The van der Waals surface area contributed by atoms with Crippen LogP contribution in [-0.4, -0.2) is 46.8 Å². The fourth-order valence-electron chi connectivity index (χ4n) is 3.70. The summed E-state index contributed by atoms with van der Waals surface area (Å²) < 4.78 is 1.70. The van der Waals surface area contributed by atoms with Gasteiger partial charge >= 0.3 is 0 Å². The largest absolute Gasteiger partial charge is 0.271 e. The van der Waals surface area contributed by atoms with Gasteiger partial charge in [-0.15, -0.1) is 10.2 Å². The summed E-state index contributed by atoms with van der Waals surface area (Å²) in [5.74, 6) is 0.216. The minimum absolute atomic E-state index is 0.302. The predicted molar refractivity (Wildman–Crippen MR) is 135 cm³/mol. The number of amides is 2. The van der Waals surface area contributed by atoms with Crippen molar-refractivity contribution in [3.63, 3.8) is 0 Å². The van der Waals surface area contributed by atoms with Crippen LogP contribution in [0.5, 0.6) is 0 Å². The molecular weight excluding hydrogens is 470 g/mol. The summed E-state index contributed by atoms with van der Waals surface area (Å²) in [6.07, 6.45) is 1.43. The molecule has 2 N–H and O–H groups in total. The first kappa shape index (κ1) is 23.5. The molecule has 0 saturated carbocycles. The lowest BCUT2D eigenvalue weighted by molar-refractivity contribution is 0.0846. The van der Waals surface area contributed by atoms with Crippen LogP contribution in [0.3, 0.4) is 0 Å². The van der Waals surface area contributed by atoms with E-state index < -0.39 is 11.8 Å². The van der Waals surface area contributed by atoms with Gasteiger partial charge in [0.15, 0.2) is 5.82 Å². The number of aromatic nitrogens is 7. The molecule has 2 amide bonds. The number of carbonyl (C=O) groups excluding carboxylic acids is 2. The van der Waals surface area contributed by atoms with E-state index in [1.165, 1.54) is 11.0 Å². The molecule has 37 heavy (non-hydrogen) atoms. The van der Waals surface area contributed by atoms with Crippen LogP contribution < -0.4 is 10.9 Å². The second kappa shape index (κ2) is 10.2. The Morgan fingerprint density at radius 1 is 0.838 bits per heavy atom. The smallest absolute Gasteiger partial charge is 0.267 e. The molecule has 0 aliphatic heterocycles. The molecule has 11 heteroatoms. The fourth-order valence-corrected chi connectivity index (χ4v) is 3.70. The van der Waals surface area contributed by atoms with Crippen molar-refractivity contribution in [2.75, 3.05) is 0 Å². The van der Waals surface area contributed by atoms with Crippen LogP contribution in [0.15, 0.2) is 79.0 Å². The van der Waals surface area contributed by atoms with E-state index in [1.807, 2.05) is 50.2 Å². The Labute approximate surface area is 212 Å². The van der Waals surface area contributed by atoms with Gasteiger partial charge in [-0.3, -0.25) is 20.4 Å². The van der Waals surface area contributed by atoms with Crippen LogP contribution >= 0.6 is 0 Å². The number of rotatable bonds is 6. The van der Waals surface area contributed by atoms with E-state index in [4.69, 9.17) is 0 Å². The molecule has 0 aliphatic rings. The average molecular weight is 494 g/mol. The minimum Gasteiger partial charge on any atom is -0.267 e. The Balaban J connectivity index is 1.15. The number of hydrazine groups is 1. The summed E-state index contributed by atoms with van der Waals surface area (Å²) in [5, 5.41) is 17.0. The predicted octanol–water partition coefficient (Wildman–Crippen LogP) is 2.66. The van der Waals surface area contributed by atoms with Crippen molar-refractivity contribution in [2.24, 2.45) is 0 Å². The van der Waals surface area contributed by atoms with Gasteiger partial charge < -0.3 is 0 Å². The molecule has 2 aromatic carbocycles. The molecule has 0 bridgehead atoms. The summed E-state index contributed by atoms with van der Waals surface area (Å²) >= 11 is 0. The summed E-state index contributed by atoms with van der Waals surface area (Å²) in [6.45, 7) is 4.23. The maximum absolute atomic E-state index is 12.5. The molecule has 0 fully saturated rings. The molecule has 0 spiro atoms. The maximum Gasteiger partial charge on any atom is 0.271 e. The zero-order chi connectivity index (χ0) is 25.8. The first-order valence-corrected chi connectivity index (χ1v) is 11.5. The Bertz CT molecular complexity index is 1540. The van der Waals surface area contributed by atoms with Gasteiger partial charge in [-0.1, -0.05) is 42.5 Å². The topological polar surface area (TPSA) is 133 Å². The molecule has 0 atom stereocenters. The standard InChI is InChI=1S/C26H23N9O2/c1-17-14-18(2)35(31-17)23-13-12-22(15-27-23)26(37)30-29-25(36)21-10-8-19(9-11-21)16-34-32-24(28-33-34)20-6-4-3-5-7-20/h3-15H,16H2,1-2H3,(H,29,36)(H,30,37). The van der Waals surface area contributed by atoms with E-state index >= 15 is 0 Å². The Morgan fingerprint density at radius 3 is 2.19 bits per heavy atom. The molecule has 184 valence electrons. The van der Waals surface area contributed by atoms with Gasteiger partial charge in [-0.2, -0.15) is 9.90 Å². The average Bonchev–Trinajstić information content (AvgIpc) is 3.53. The van der Waals surface area contributed by atoms with E-state index in [0.29, 0.717) is 29.3 Å². The molecule has 0 aliphatic carbocycles. The number of tetrazole rings is 1. The number of hydrogen-bond acceptors (Lipinski definition) is 7. The summed E-state index contributed by atoms with van der Waals surface area (Å²) in [4.78, 5) is 30.7. The zero-order valence-electron chi connectivity index (χ0n) is 20.2. The van der Waals surface area contributed by atoms with E-state index in [0.717, 1.165) is 22.5 Å². The van der Waals surface area contributed by atoms with Gasteiger partial charge in [0.25, 0.3) is 11.8 Å². The lowest BCUT2D eigenvalue weighted by Crippen LogP contribution is -2.41. The van der Waals surface area contributed by atoms with Crippen LogP contribution in [0.4, 0.5) is 0 Å². The highest BCUT2D eigenvalue weighted by Crippen LogP contribution is 2.13. The molecule has 0 unspecified atom stereocenters. The van der Waals surface area contributed by atoms with E-state index in [2.05, 4.69) is 36.3 Å².